The topological polar surface area (TPSA) is 77.5 Å². The molecule has 2 amide bonds. The van der Waals surface area contributed by atoms with Crippen molar-refractivity contribution < 1.29 is 28.5 Å². The molecule has 6 rings (SSSR count). The second-order valence-electron chi connectivity index (χ2n) is 9.60. The number of carbonyl (C=O) groups excluding carboxylic acids is 2. The summed E-state index contributed by atoms with van der Waals surface area (Å²) < 4.78 is 22.8. The van der Waals surface area contributed by atoms with Gasteiger partial charge in [0.25, 0.3) is 5.91 Å². The Kier molecular flexibility index (Phi) is 5.45. The summed E-state index contributed by atoms with van der Waals surface area (Å²) in [6, 6.07) is 11.3. The van der Waals surface area contributed by atoms with Crippen LogP contribution < -0.4 is 9.47 Å². The molecule has 2 aromatic carbocycles. The van der Waals surface area contributed by atoms with Gasteiger partial charge >= 0.3 is 0 Å². The molecule has 2 saturated heterocycles. The Morgan fingerprint density at radius 1 is 0.971 bits per heavy atom. The number of methoxy groups -OCH3 is 2. The Morgan fingerprint density at radius 2 is 1.66 bits per heavy atom. The van der Waals surface area contributed by atoms with Crippen molar-refractivity contribution in [3.8, 4) is 11.5 Å². The molecular formula is C27H30N2O6. The lowest BCUT2D eigenvalue weighted by Gasteiger charge is -2.47. The molecule has 35 heavy (non-hydrogen) atoms. The van der Waals surface area contributed by atoms with Gasteiger partial charge in [-0.2, -0.15) is 0 Å². The molecule has 0 bridgehead atoms. The van der Waals surface area contributed by atoms with Crippen LogP contribution in [0.3, 0.4) is 0 Å². The maximum absolute atomic E-state index is 14.3. The highest BCUT2D eigenvalue weighted by atomic mass is 16.7. The monoisotopic (exact) mass is 478 g/mol. The van der Waals surface area contributed by atoms with Gasteiger partial charge in [-0.15, -0.1) is 0 Å². The van der Waals surface area contributed by atoms with Crippen molar-refractivity contribution in [3.05, 3.63) is 58.7 Å². The number of rotatable bonds is 3. The molecule has 1 spiro atoms. The molecule has 0 radical (unpaired) electrons. The van der Waals surface area contributed by atoms with E-state index in [9.17, 15) is 9.59 Å². The Morgan fingerprint density at radius 3 is 2.37 bits per heavy atom. The second-order valence-corrected chi connectivity index (χ2v) is 9.60. The number of ether oxygens (including phenoxy) is 4. The summed E-state index contributed by atoms with van der Waals surface area (Å²) >= 11 is 0. The largest absolute Gasteiger partial charge is 0.493 e. The number of likely N-dealkylation sites (tertiary alicyclic amines) is 1. The van der Waals surface area contributed by atoms with E-state index >= 15 is 0 Å². The van der Waals surface area contributed by atoms with Crippen molar-refractivity contribution in [1.82, 2.24) is 9.80 Å². The summed E-state index contributed by atoms with van der Waals surface area (Å²) in [6.07, 6.45) is 2.06. The first-order valence-electron chi connectivity index (χ1n) is 12.3. The Labute approximate surface area is 204 Å². The standard InChI is InChI=1S/C27H30N2O6/c1-32-21-15-19-20(16-22(21)33-2)25(30)29-10-7-17-5-3-4-6-18(17)24(29)23(19)26(31)28-11-8-27(9-12-28)34-13-14-35-27/h3-6,15-16,23-24H,7-14H2,1-2H3/t23-,24+/m0/s1. The van der Waals surface area contributed by atoms with Crippen LogP contribution in [0.15, 0.2) is 36.4 Å². The van der Waals surface area contributed by atoms with Gasteiger partial charge in [0.15, 0.2) is 17.3 Å². The van der Waals surface area contributed by atoms with Crippen molar-refractivity contribution in [1.29, 1.82) is 0 Å². The van der Waals surface area contributed by atoms with E-state index in [0.29, 0.717) is 68.3 Å². The molecule has 184 valence electrons. The number of carbonyl (C=O) groups is 2. The van der Waals surface area contributed by atoms with E-state index in [4.69, 9.17) is 18.9 Å². The van der Waals surface area contributed by atoms with Crippen LogP contribution in [-0.2, 0) is 20.7 Å². The highest BCUT2D eigenvalue weighted by Crippen LogP contribution is 2.49. The molecule has 4 aliphatic rings. The number of amides is 2. The van der Waals surface area contributed by atoms with E-state index in [1.54, 1.807) is 20.3 Å². The molecule has 2 aromatic rings. The quantitative estimate of drug-likeness (QED) is 0.675. The van der Waals surface area contributed by atoms with Gasteiger partial charge in [-0.1, -0.05) is 24.3 Å². The summed E-state index contributed by atoms with van der Waals surface area (Å²) in [5.41, 5.74) is 3.44. The smallest absolute Gasteiger partial charge is 0.254 e. The highest BCUT2D eigenvalue weighted by molar-refractivity contribution is 6.02. The van der Waals surface area contributed by atoms with Gasteiger partial charge < -0.3 is 28.7 Å². The molecule has 2 fully saturated rings. The molecule has 8 heteroatoms. The molecule has 4 aliphatic heterocycles. The van der Waals surface area contributed by atoms with Crippen LogP contribution in [0.4, 0.5) is 0 Å². The zero-order valence-corrected chi connectivity index (χ0v) is 20.1. The van der Waals surface area contributed by atoms with Crippen LogP contribution >= 0.6 is 0 Å². The van der Waals surface area contributed by atoms with Crippen molar-refractivity contribution in [3.63, 3.8) is 0 Å². The Hall–Kier alpha value is -3.10. The Balaban J connectivity index is 1.44. The summed E-state index contributed by atoms with van der Waals surface area (Å²) in [6.45, 7) is 2.88. The third-order valence-corrected chi connectivity index (χ3v) is 7.95. The number of benzene rings is 2. The molecule has 0 unspecified atom stereocenters. The van der Waals surface area contributed by atoms with E-state index in [1.807, 2.05) is 28.0 Å². The molecule has 0 aliphatic carbocycles. The van der Waals surface area contributed by atoms with E-state index in [-0.39, 0.29) is 17.9 Å². The van der Waals surface area contributed by atoms with Crippen LogP contribution in [0, 0.1) is 0 Å². The van der Waals surface area contributed by atoms with Gasteiger partial charge in [0.2, 0.25) is 5.91 Å². The SMILES string of the molecule is COc1cc2c(cc1OC)[C@H](C(=O)N1CCC3(CC1)OCCO3)[C@H]1c3ccccc3CCN1C2=O. The van der Waals surface area contributed by atoms with Crippen LogP contribution in [-0.4, -0.2) is 74.5 Å². The molecule has 0 N–H and O–H groups in total. The van der Waals surface area contributed by atoms with Crippen molar-refractivity contribution in [2.45, 2.75) is 37.0 Å². The molecule has 8 nitrogen and oxygen atoms in total. The average molecular weight is 479 g/mol. The summed E-state index contributed by atoms with van der Waals surface area (Å²) in [4.78, 5) is 31.8. The lowest BCUT2D eigenvalue weighted by Crippen LogP contribution is -2.53. The Bertz CT molecular complexity index is 1160. The molecule has 0 aromatic heterocycles. The third kappa shape index (κ3) is 3.50. The van der Waals surface area contributed by atoms with Gasteiger partial charge in [0.05, 0.1) is 39.4 Å². The zero-order valence-electron chi connectivity index (χ0n) is 20.1. The predicted octanol–water partition coefficient (Wildman–Crippen LogP) is 2.91. The average Bonchev–Trinajstić information content (AvgIpc) is 3.35. The lowest BCUT2D eigenvalue weighted by molar-refractivity contribution is -0.188. The number of hydrogen-bond donors (Lipinski definition) is 0. The summed E-state index contributed by atoms with van der Waals surface area (Å²) in [5, 5.41) is 0. The first-order valence-corrected chi connectivity index (χ1v) is 12.3. The van der Waals surface area contributed by atoms with Gasteiger partial charge in [0.1, 0.15) is 0 Å². The van der Waals surface area contributed by atoms with Gasteiger partial charge in [-0.05, 0) is 35.2 Å². The van der Waals surface area contributed by atoms with Crippen molar-refractivity contribution >= 4 is 11.8 Å². The zero-order chi connectivity index (χ0) is 24.2. The minimum atomic E-state index is -0.558. The molecule has 2 atom stereocenters. The predicted molar refractivity (Wildman–Crippen MR) is 127 cm³/mol. The third-order valence-electron chi connectivity index (χ3n) is 7.95. The van der Waals surface area contributed by atoms with Crippen LogP contribution in [0.5, 0.6) is 11.5 Å². The first-order chi connectivity index (χ1) is 17.0. The normalized spacial score (nSPS) is 24.6. The van der Waals surface area contributed by atoms with Crippen LogP contribution in [0.25, 0.3) is 0 Å². The number of nitrogens with zero attached hydrogens (tertiary/aromatic N) is 2. The van der Waals surface area contributed by atoms with E-state index < -0.39 is 11.7 Å². The van der Waals surface area contributed by atoms with Crippen LogP contribution in [0.1, 0.15) is 51.8 Å². The summed E-state index contributed by atoms with van der Waals surface area (Å²) in [7, 11) is 3.12. The van der Waals surface area contributed by atoms with Crippen molar-refractivity contribution in [2.75, 3.05) is 47.1 Å². The fourth-order valence-corrected chi connectivity index (χ4v) is 6.17. The summed E-state index contributed by atoms with van der Waals surface area (Å²) in [5.74, 6) is -0.155. The number of hydrogen-bond acceptors (Lipinski definition) is 6. The van der Waals surface area contributed by atoms with Crippen LogP contribution in [0.2, 0.25) is 0 Å². The molecule has 0 saturated carbocycles. The fraction of sp³-hybridized carbons (Fsp3) is 0.481. The van der Waals surface area contributed by atoms with E-state index in [2.05, 4.69) is 12.1 Å². The highest BCUT2D eigenvalue weighted by Gasteiger charge is 2.49. The number of fused-ring (bicyclic) bond motifs is 4. The van der Waals surface area contributed by atoms with E-state index in [1.165, 1.54) is 5.56 Å². The van der Waals surface area contributed by atoms with Gasteiger partial charge in [0, 0.05) is 38.0 Å². The maximum atomic E-state index is 14.3. The fourth-order valence-electron chi connectivity index (χ4n) is 6.17. The number of piperidine rings is 1. The van der Waals surface area contributed by atoms with E-state index in [0.717, 1.165) is 12.0 Å². The lowest BCUT2D eigenvalue weighted by atomic mass is 9.75. The maximum Gasteiger partial charge on any atom is 0.254 e. The molecular weight excluding hydrogens is 448 g/mol. The first kappa shape index (κ1) is 22.4. The van der Waals surface area contributed by atoms with Gasteiger partial charge in [-0.25, -0.2) is 0 Å². The van der Waals surface area contributed by atoms with Gasteiger partial charge in [-0.3, -0.25) is 9.59 Å². The second kappa shape index (κ2) is 8.53. The van der Waals surface area contributed by atoms with Crippen molar-refractivity contribution in [2.24, 2.45) is 0 Å². The molecule has 4 heterocycles. The minimum Gasteiger partial charge on any atom is -0.493 e. The minimum absolute atomic E-state index is 0.0190.